The lowest BCUT2D eigenvalue weighted by Gasteiger charge is -1.98. The molecule has 2 nitrogen and oxygen atoms in total. The fourth-order valence-corrected chi connectivity index (χ4v) is 2.32. The molecule has 0 unspecified atom stereocenters. The summed E-state index contributed by atoms with van der Waals surface area (Å²) in [6.07, 6.45) is 1.96. The summed E-state index contributed by atoms with van der Waals surface area (Å²) >= 11 is 3.19. The second-order valence-corrected chi connectivity index (χ2v) is 5.00. The molecule has 18 heavy (non-hydrogen) atoms. The summed E-state index contributed by atoms with van der Waals surface area (Å²) in [7, 11) is 0. The fourth-order valence-electron chi connectivity index (χ4n) is 1.94. The number of aromatic nitrogens is 2. The van der Waals surface area contributed by atoms with Gasteiger partial charge in [-0.2, -0.15) is 0 Å². The van der Waals surface area contributed by atoms with E-state index in [4.69, 9.17) is 0 Å². The minimum Gasteiger partial charge on any atom is -0.304 e. The highest BCUT2D eigenvalue weighted by molar-refractivity contribution is 9.10. The zero-order valence-electron chi connectivity index (χ0n) is 9.69. The average molecular weight is 305 g/mol. The van der Waals surface area contributed by atoms with Crippen molar-refractivity contribution in [2.45, 2.75) is 6.92 Å². The normalized spacial score (nSPS) is 11.1. The summed E-state index contributed by atoms with van der Waals surface area (Å²) in [6.45, 7) is 2.03. The molecule has 3 rings (SSSR count). The van der Waals surface area contributed by atoms with Crippen LogP contribution < -0.4 is 0 Å². The molecule has 0 bridgehead atoms. The number of rotatable bonds is 1. The predicted octanol–water partition coefficient (Wildman–Crippen LogP) is 4.21. The van der Waals surface area contributed by atoms with Crippen LogP contribution in [0.2, 0.25) is 0 Å². The van der Waals surface area contributed by atoms with Crippen molar-refractivity contribution in [2.24, 2.45) is 0 Å². The molecule has 2 heterocycles. The summed E-state index contributed by atoms with van der Waals surface area (Å²) in [6, 6.07) is 10.9. The van der Waals surface area contributed by atoms with Crippen molar-refractivity contribution in [3.8, 4) is 11.3 Å². The molecule has 0 spiro atoms. The lowest BCUT2D eigenvalue weighted by molar-refractivity contribution is 0.621. The van der Waals surface area contributed by atoms with Gasteiger partial charge in [0, 0.05) is 17.5 Å². The van der Waals surface area contributed by atoms with Crippen molar-refractivity contribution < 1.29 is 4.39 Å². The third kappa shape index (κ3) is 1.82. The van der Waals surface area contributed by atoms with Gasteiger partial charge in [-0.15, -0.1) is 0 Å². The Morgan fingerprint density at radius 2 is 2.06 bits per heavy atom. The van der Waals surface area contributed by atoms with Crippen molar-refractivity contribution in [1.82, 2.24) is 9.38 Å². The van der Waals surface area contributed by atoms with E-state index in [1.165, 1.54) is 6.07 Å². The molecule has 0 amide bonds. The van der Waals surface area contributed by atoms with E-state index in [1.807, 2.05) is 35.7 Å². The molecule has 1 aromatic carbocycles. The third-order valence-corrected chi connectivity index (χ3v) is 3.52. The second-order valence-electron chi connectivity index (χ2n) is 4.15. The Morgan fingerprint density at radius 3 is 2.78 bits per heavy atom. The number of pyridine rings is 1. The molecule has 2 aromatic heterocycles. The zero-order chi connectivity index (χ0) is 12.7. The lowest BCUT2D eigenvalue weighted by atomic mass is 10.2. The van der Waals surface area contributed by atoms with Gasteiger partial charge in [-0.25, -0.2) is 9.37 Å². The summed E-state index contributed by atoms with van der Waals surface area (Å²) in [4.78, 5) is 4.53. The van der Waals surface area contributed by atoms with Crippen LogP contribution in [0.15, 0.2) is 47.1 Å². The molecule has 0 aliphatic rings. The minimum atomic E-state index is -0.265. The number of imidazole rings is 1. The zero-order valence-corrected chi connectivity index (χ0v) is 11.3. The molecule has 0 saturated carbocycles. The highest BCUT2D eigenvalue weighted by atomic mass is 79.9. The topological polar surface area (TPSA) is 17.3 Å². The molecule has 0 aliphatic heterocycles. The molecule has 90 valence electrons. The Bertz CT molecular complexity index is 734. The van der Waals surface area contributed by atoms with Gasteiger partial charge >= 0.3 is 0 Å². The van der Waals surface area contributed by atoms with Crippen molar-refractivity contribution >= 4 is 21.6 Å². The number of halogens is 2. The highest BCUT2D eigenvalue weighted by Crippen LogP contribution is 2.25. The molecule has 0 N–H and O–H groups in total. The number of hydrogen-bond donors (Lipinski definition) is 0. The summed E-state index contributed by atoms with van der Waals surface area (Å²) in [5.74, 6) is -0.265. The molecule has 0 saturated heterocycles. The Kier molecular flexibility index (Phi) is 2.67. The molecule has 4 heteroatoms. The van der Waals surface area contributed by atoms with Gasteiger partial charge in [-0.05, 0) is 53.2 Å². The summed E-state index contributed by atoms with van der Waals surface area (Å²) in [5, 5.41) is 0. The van der Waals surface area contributed by atoms with Crippen LogP contribution in [0.5, 0.6) is 0 Å². The van der Waals surface area contributed by atoms with E-state index >= 15 is 0 Å². The molecule has 3 aromatic rings. The SMILES string of the molecule is Cc1cccc2nc(-c3ccc(F)c(Br)c3)cn12. The second kappa shape index (κ2) is 4.21. The van der Waals surface area contributed by atoms with E-state index in [1.54, 1.807) is 12.1 Å². The first kappa shape index (κ1) is 11.4. The van der Waals surface area contributed by atoms with Gasteiger partial charge in [0.25, 0.3) is 0 Å². The number of nitrogens with zero attached hydrogens (tertiary/aromatic N) is 2. The predicted molar refractivity (Wildman–Crippen MR) is 73.0 cm³/mol. The Labute approximate surface area is 112 Å². The Balaban J connectivity index is 2.19. The van der Waals surface area contributed by atoms with Crippen LogP contribution in [0.4, 0.5) is 4.39 Å². The lowest BCUT2D eigenvalue weighted by Crippen LogP contribution is -1.86. The molecule has 0 fully saturated rings. The molecule has 0 aliphatic carbocycles. The number of hydrogen-bond acceptors (Lipinski definition) is 1. The van der Waals surface area contributed by atoms with Gasteiger partial charge in [0.05, 0.1) is 10.2 Å². The molecule has 0 radical (unpaired) electrons. The Morgan fingerprint density at radius 1 is 1.22 bits per heavy atom. The van der Waals surface area contributed by atoms with E-state index in [2.05, 4.69) is 20.9 Å². The highest BCUT2D eigenvalue weighted by Gasteiger charge is 2.07. The van der Waals surface area contributed by atoms with E-state index < -0.39 is 0 Å². The van der Waals surface area contributed by atoms with Crippen molar-refractivity contribution in [2.75, 3.05) is 0 Å². The summed E-state index contributed by atoms with van der Waals surface area (Å²) < 4.78 is 15.7. The van der Waals surface area contributed by atoms with Crippen LogP contribution in [-0.2, 0) is 0 Å². The third-order valence-electron chi connectivity index (χ3n) is 2.91. The standard InChI is InChI=1S/C14H10BrFN2/c1-9-3-2-4-14-17-13(8-18(9)14)10-5-6-12(16)11(15)7-10/h2-8H,1H3. The monoisotopic (exact) mass is 304 g/mol. The van der Waals surface area contributed by atoms with Crippen LogP contribution >= 0.6 is 15.9 Å². The molecular formula is C14H10BrFN2. The minimum absolute atomic E-state index is 0.265. The molecule has 0 atom stereocenters. The van der Waals surface area contributed by atoms with Crippen LogP contribution in [0.1, 0.15) is 5.69 Å². The largest absolute Gasteiger partial charge is 0.304 e. The van der Waals surface area contributed by atoms with Gasteiger partial charge in [0.15, 0.2) is 0 Å². The number of benzene rings is 1. The van der Waals surface area contributed by atoms with Crippen molar-refractivity contribution in [3.63, 3.8) is 0 Å². The maximum Gasteiger partial charge on any atom is 0.137 e. The maximum absolute atomic E-state index is 13.2. The maximum atomic E-state index is 13.2. The van der Waals surface area contributed by atoms with Crippen LogP contribution in [0, 0.1) is 12.7 Å². The smallest absolute Gasteiger partial charge is 0.137 e. The van der Waals surface area contributed by atoms with Gasteiger partial charge < -0.3 is 4.40 Å². The first-order valence-electron chi connectivity index (χ1n) is 5.55. The van der Waals surface area contributed by atoms with Gasteiger partial charge in [0.1, 0.15) is 11.5 Å². The number of fused-ring (bicyclic) bond motifs is 1. The van der Waals surface area contributed by atoms with E-state index in [9.17, 15) is 4.39 Å². The van der Waals surface area contributed by atoms with Crippen LogP contribution in [0.25, 0.3) is 16.9 Å². The van der Waals surface area contributed by atoms with E-state index in [-0.39, 0.29) is 5.82 Å². The van der Waals surface area contributed by atoms with Gasteiger partial charge in [0.2, 0.25) is 0 Å². The van der Waals surface area contributed by atoms with Crippen molar-refractivity contribution in [3.05, 3.63) is 58.6 Å². The van der Waals surface area contributed by atoms with Crippen LogP contribution in [0.3, 0.4) is 0 Å². The van der Waals surface area contributed by atoms with Crippen LogP contribution in [-0.4, -0.2) is 9.38 Å². The first-order chi connectivity index (χ1) is 8.65. The average Bonchev–Trinajstić information content (AvgIpc) is 2.78. The quantitative estimate of drug-likeness (QED) is 0.658. The number of aryl methyl sites for hydroxylation is 1. The van der Waals surface area contributed by atoms with E-state index in [0.717, 1.165) is 22.6 Å². The van der Waals surface area contributed by atoms with E-state index in [0.29, 0.717) is 4.47 Å². The van der Waals surface area contributed by atoms with Gasteiger partial charge in [-0.1, -0.05) is 6.07 Å². The first-order valence-corrected chi connectivity index (χ1v) is 6.34. The molecular weight excluding hydrogens is 295 g/mol. The summed E-state index contributed by atoms with van der Waals surface area (Å²) in [5.41, 5.74) is 3.74. The Hall–Kier alpha value is -1.68. The van der Waals surface area contributed by atoms with Gasteiger partial charge in [-0.3, -0.25) is 0 Å². The fraction of sp³-hybridized carbons (Fsp3) is 0.0714. The van der Waals surface area contributed by atoms with Crippen molar-refractivity contribution in [1.29, 1.82) is 0 Å².